The highest BCUT2D eigenvalue weighted by Crippen LogP contribution is 2.26. The summed E-state index contributed by atoms with van der Waals surface area (Å²) in [6.45, 7) is 8.52. The molecule has 0 saturated carbocycles. The fourth-order valence-corrected chi connectivity index (χ4v) is 4.22. The summed E-state index contributed by atoms with van der Waals surface area (Å²) in [6.07, 6.45) is 0.724. The zero-order valence-electron chi connectivity index (χ0n) is 20.4. The van der Waals surface area contributed by atoms with Crippen LogP contribution >= 0.6 is 0 Å². The third-order valence-electron chi connectivity index (χ3n) is 5.42. The molecule has 0 fully saturated rings. The van der Waals surface area contributed by atoms with Gasteiger partial charge in [0.1, 0.15) is 12.4 Å². The largest absolute Gasteiger partial charge is 0.491 e. The maximum Gasteiger partial charge on any atom is 0.317 e. The Kier molecular flexibility index (Phi) is 8.96. The molecule has 2 N–H and O–H groups in total. The predicted molar refractivity (Wildman–Crippen MR) is 127 cm³/mol. The molecule has 0 aliphatic carbocycles. The van der Waals surface area contributed by atoms with Gasteiger partial charge in [-0.25, -0.2) is 13.2 Å². The normalized spacial score (nSPS) is 22.7. The quantitative estimate of drug-likeness (QED) is 0.675. The Labute approximate surface area is 196 Å². The summed E-state index contributed by atoms with van der Waals surface area (Å²) in [5.74, 6) is -0.0775. The highest BCUT2D eigenvalue weighted by molar-refractivity contribution is 7.92. The van der Waals surface area contributed by atoms with Crippen molar-refractivity contribution in [2.45, 2.75) is 45.9 Å². The number of amides is 3. The van der Waals surface area contributed by atoms with E-state index in [1.807, 2.05) is 27.7 Å². The van der Waals surface area contributed by atoms with Crippen LogP contribution < -0.4 is 14.8 Å². The second-order valence-corrected chi connectivity index (χ2v) is 10.7. The first kappa shape index (κ1) is 26.7. The second kappa shape index (κ2) is 11.1. The molecule has 33 heavy (non-hydrogen) atoms. The first-order valence-corrected chi connectivity index (χ1v) is 12.8. The molecule has 2 rings (SSSR count). The lowest BCUT2D eigenvalue weighted by Crippen LogP contribution is -2.52. The van der Waals surface area contributed by atoms with Gasteiger partial charge in [-0.15, -0.1) is 0 Å². The fourth-order valence-electron chi connectivity index (χ4n) is 3.67. The van der Waals surface area contributed by atoms with Crippen molar-refractivity contribution in [1.29, 1.82) is 0 Å². The molecule has 3 amide bonds. The molecule has 11 heteroatoms. The number of methoxy groups -OCH3 is 1. The minimum absolute atomic E-state index is 0.0224. The van der Waals surface area contributed by atoms with E-state index in [0.29, 0.717) is 12.3 Å². The van der Waals surface area contributed by atoms with E-state index in [2.05, 4.69) is 10.0 Å². The van der Waals surface area contributed by atoms with Crippen LogP contribution in [0.2, 0.25) is 0 Å². The number of sulfonamides is 1. The standard InChI is InChI=1S/C22H36N4O6S/c1-14(2)23-22(28)26-11-15(3)20(31-6)12-25(5)21(27)18-10-17(24-33(7,29)30)8-9-19(18)32-13-16(26)4/h8-10,14-16,20,24H,11-13H2,1-7H3,(H,23,28)/t15-,16+,20-/m1/s1. The van der Waals surface area contributed by atoms with Gasteiger partial charge in [0, 0.05) is 44.9 Å². The van der Waals surface area contributed by atoms with Crippen LogP contribution in [0.25, 0.3) is 0 Å². The molecule has 1 heterocycles. The highest BCUT2D eigenvalue weighted by Gasteiger charge is 2.30. The van der Waals surface area contributed by atoms with Gasteiger partial charge in [0.25, 0.3) is 5.91 Å². The van der Waals surface area contributed by atoms with E-state index in [9.17, 15) is 18.0 Å². The SMILES string of the molecule is CO[C@@H]1CN(C)C(=O)c2cc(NS(C)(=O)=O)ccc2OC[C@H](C)N(C(=O)NC(C)C)C[C@H]1C. The van der Waals surface area contributed by atoms with Crippen molar-refractivity contribution in [1.82, 2.24) is 15.1 Å². The molecule has 186 valence electrons. The number of carbonyl (C=O) groups is 2. The van der Waals surface area contributed by atoms with Gasteiger partial charge in [-0.05, 0) is 39.0 Å². The number of hydrogen-bond acceptors (Lipinski definition) is 6. The van der Waals surface area contributed by atoms with E-state index in [0.717, 1.165) is 6.26 Å². The van der Waals surface area contributed by atoms with Gasteiger partial charge < -0.3 is 24.6 Å². The molecule has 1 aliphatic rings. The number of nitrogens with one attached hydrogen (secondary N) is 2. The molecule has 1 aliphatic heterocycles. The van der Waals surface area contributed by atoms with Crippen molar-refractivity contribution in [3.63, 3.8) is 0 Å². The highest BCUT2D eigenvalue weighted by atomic mass is 32.2. The zero-order valence-corrected chi connectivity index (χ0v) is 21.2. The van der Waals surface area contributed by atoms with Crippen molar-refractivity contribution < 1.29 is 27.5 Å². The van der Waals surface area contributed by atoms with E-state index in [1.165, 1.54) is 17.0 Å². The van der Waals surface area contributed by atoms with Gasteiger partial charge in [0.15, 0.2) is 0 Å². The third-order valence-corrected chi connectivity index (χ3v) is 6.03. The van der Waals surface area contributed by atoms with E-state index in [4.69, 9.17) is 9.47 Å². The maximum absolute atomic E-state index is 13.3. The van der Waals surface area contributed by atoms with Crippen molar-refractivity contribution in [3.8, 4) is 5.75 Å². The zero-order chi connectivity index (χ0) is 24.9. The lowest BCUT2D eigenvalue weighted by Gasteiger charge is -2.36. The summed E-state index contributed by atoms with van der Waals surface area (Å²) in [4.78, 5) is 29.4. The molecule has 0 aromatic heterocycles. The number of urea groups is 1. The Morgan fingerprint density at radius 3 is 2.48 bits per heavy atom. The van der Waals surface area contributed by atoms with Crippen LogP contribution in [-0.2, 0) is 14.8 Å². The van der Waals surface area contributed by atoms with Crippen LogP contribution in [0.5, 0.6) is 5.75 Å². The van der Waals surface area contributed by atoms with E-state index in [1.54, 1.807) is 25.1 Å². The summed E-state index contributed by atoms with van der Waals surface area (Å²) in [6, 6.07) is 4.04. The Hall–Kier alpha value is -2.53. The van der Waals surface area contributed by atoms with Crippen LogP contribution in [0.4, 0.5) is 10.5 Å². The molecule has 0 radical (unpaired) electrons. The maximum atomic E-state index is 13.3. The van der Waals surface area contributed by atoms with Gasteiger partial charge in [0.2, 0.25) is 10.0 Å². The summed E-state index contributed by atoms with van der Waals surface area (Å²) < 4.78 is 37.4. The van der Waals surface area contributed by atoms with Crippen LogP contribution in [0, 0.1) is 5.92 Å². The van der Waals surface area contributed by atoms with Gasteiger partial charge in [-0.1, -0.05) is 6.92 Å². The van der Waals surface area contributed by atoms with Gasteiger partial charge >= 0.3 is 6.03 Å². The number of carbonyl (C=O) groups excluding carboxylic acids is 2. The van der Waals surface area contributed by atoms with E-state index in [-0.39, 0.29) is 60.4 Å². The number of anilines is 1. The average Bonchev–Trinajstić information content (AvgIpc) is 2.71. The van der Waals surface area contributed by atoms with E-state index < -0.39 is 10.0 Å². The van der Waals surface area contributed by atoms with Gasteiger partial charge in [-0.2, -0.15) is 0 Å². The summed E-state index contributed by atoms with van der Waals surface area (Å²) in [7, 11) is -0.283. The lowest BCUT2D eigenvalue weighted by atomic mass is 10.0. The number of likely N-dealkylation sites (N-methyl/N-ethyl adjacent to an activating group) is 1. The number of hydrogen-bond donors (Lipinski definition) is 2. The average molecular weight is 485 g/mol. The second-order valence-electron chi connectivity index (χ2n) is 8.94. The molecular weight excluding hydrogens is 448 g/mol. The van der Waals surface area contributed by atoms with Crippen molar-refractivity contribution in [2.75, 3.05) is 44.8 Å². The van der Waals surface area contributed by atoms with Gasteiger partial charge in [0.05, 0.1) is 24.0 Å². The van der Waals surface area contributed by atoms with Crippen molar-refractivity contribution >= 4 is 27.6 Å². The van der Waals surface area contributed by atoms with Crippen LogP contribution in [0.3, 0.4) is 0 Å². The molecule has 10 nitrogen and oxygen atoms in total. The first-order valence-electron chi connectivity index (χ1n) is 10.9. The molecule has 0 unspecified atom stereocenters. The van der Waals surface area contributed by atoms with Crippen LogP contribution in [0.1, 0.15) is 38.1 Å². The van der Waals surface area contributed by atoms with Crippen LogP contribution in [0.15, 0.2) is 18.2 Å². The number of ether oxygens (including phenoxy) is 2. The third kappa shape index (κ3) is 7.50. The van der Waals surface area contributed by atoms with Crippen LogP contribution in [-0.4, -0.2) is 88.5 Å². The molecule has 0 spiro atoms. The molecule has 1 aromatic rings. The van der Waals surface area contributed by atoms with Gasteiger partial charge in [-0.3, -0.25) is 9.52 Å². The fraction of sp³-hybridized carbons (Fsp3) is 0.636. The Morgan fingerprint density at radius 2 is 1.91 bits per heavy atom. The summed E-state index contributed by atoms with van der Waals surface area (Å²) in [5.41, 5.74) is 0.482. The minimum Gasteiger partial charge on any atom is -0.491 e. The first-order chi connectivity index (χ1) is 15.3. The number of fused-ring (bicyclic) bond motifs is 1. The smallest absolute Gasteiger partial charge is 0.317 e. The Morgan fingerprint density at radius 1 is 1.24 bits per heavy atom. The summed E-state index contributed by atoms with van der Waals surface area (Å²) in [5, 5.41) is 2.93. The number of nitrogens with zero attached hydrogens (tertiary/aromatic N) is 2. The molecule has 0 bridgehead atoms. The number of benzene rings is 1. The Bertz CT molecular complexity index is 952. The monoisotopic (exact) mass is 484 g/mol. The predicted octanol–water partition coefficient (Wildman–Crippen LogP) is 1.98. The van der Waals surface area contributed by atoms with Crippen molar-refractivity contribution in [3.05, 3.63) is 23.8 Å². The molecular formula is C22H36N4O6S. The number of rotatable bonds is 4. The topological polar surface area (TPSA) is 117 Å². The van der Waals surface area contributed by atoms with Crippen molar-refractivity contribution in [2.24, 2.45) is 5.92 Å². The van der Waals surface area contributed by atoms with E-state index >= 15 is 0 Å². The lowest BCUT2D eigenvalue weighted by molar-refractivity contribution is 0.0165. The molecule has 0 saturated heterocycles. The Balaban J connectivity index is 2.47. The molecule has 3 atom stereocenters. The minimum atomic E-state index is -3.52. The molecule has 1 aromatic carbocycles. The summed E-state index contributed by atoms with van der Waals surface area (Å²) >= 11 is 0.